The molecular weight excluding hydrogens is 361 g/mol. The third-order valence-corrected chi connectivity index (χ3v) is 3.42. The zero-order valence-electron chi connectivity index (χ0n) is 15.7. The molecular formula is C19H21F3N2O3. The average Bonchev–Trinajstić information content (AvgIpc) is 2.52. The third-order valence-electron chi connectivity index (χ3n) is 3.42. The number of aromatic nitrogens is 1. The minimum atomic E-state index is -4.61. The maximum absolute atomic E-state index is 13.3. The summed E-state index contributed by atoms with van der Waals surface area (Å²) in [6.45, 7) is 6.78. The lowest BCUT2D eigenvalue weighted by Gasteiger charge is -2.27. The molecule has 0 aliphatic carbocycles. The van der Waals surface area contributed by atoms with E-state index in [2.05, 4.69) is 4.98 Å². The number of hydrogen-bond acceptors (Lipinski definition) is 4. The van der Waals surface area contributed by atoms with Crippen molar-refractivity contribution in [2.45, 2.75) is 39.5 Å². The predicted molar refractivity (Wildman–Crippen MR) is 95.3 cm³/mol. The Labute approximate surface area is 155 Å². The topological polar surface area (TPSA) is 51.7 Å². The average molecular weight is 382 g/mol. The van der Waals surface area contributed by atoms with Crippen LogP contribution in [0.4, 0.5) is 29.5 Å². The Morgan fingerprint density at radius 1 is 1.11 bits per heavy atom. The number of amides is 1. The van der Waals surface area contributed by atoms with E-state index in [0.29, 0.717) is 0 Å². The highest BCUT2D eigenvalue weighted by Gasteiger charge is 2.34. The molecule has 1 heterocycles. The molecule has 0 radical (unpaired) electrons. The van der Waals surface area contributed by atoms with Crippen molar-refractivity contribution >= 4 is 17.6 Å². The van der Waals surface area contributed by atoms with E-state index in [1.54, 1.807) is 39.8 Å². The van der Waals surface area contributed by atoms with Crippen LogP contribution in [0.5, 0.6) is 5.75 Å². The van der Waals surface area contributed by atoms with Gasteiger partial charge in [-0.3, -0.25) is 0 Å². The summed E-state index contributed by atoms with van der Waals surface area (Å²) in [4.78, 5) is 17.9. The van der Waals surface area contributed by atoms with E-state index in [9.17, 15) is 18.0 Å². The fraction of sp³-hybridized carbons (Fsp3) is 0.368. The highest BCUT2D eigenvalue weighted by molar-refractivity contribution is 5.95. The Hall–Kier alpha value is -2.77. The van der Waals surface area contributed by atoms with Gasteiger partial charge in [0.25, 0.3) is 0 Å². The van der Waals surface area contributed by atoms with Crippen LogP contribution in [-0.2, 0) is 10.9 Å². The second-order valence-corrected chi connectivity index (χ2v) is 6.92. The molecule has 27 heavy (non-hydrogen) atoms. The lowest BCUT2D eigenvalue weighted by Crippen LogP contribution is -2.34. The molecule has 1 amide bonds. The van der Waals surface area contributed by atoms with Crippen molar-refractivity contribution in [2.24, 2.45) is 0 Å². The number of halogens is 3. The molecule has 0 bridgehead atoms. The first-order valence-electron chi connectivity index (χ1n) is 8.13. The molecule has 0 aliphatic rings. The molecule has 2 aromatic rings. The Kier molecular flexibility index (Phi) is 5.67. The number of aryl methyl sites for hydroxylation is 1. The molecule has 0 aliphatic heterocycles. The van der Waals surface area contributed by atoms with Crippen LogP contribution in [0.2, 0.25) is 0 Å². The van der Waals surface area contributed by atoms with Crippen LogP contribution in [0, 0.1) is 6.92 Å². The van der Waals surface area contributed by atoms with Crippen LogP contribution in [0.1, 0.15) is 31.9 Å². The molecule has 0 unspecified atom stereocenters. The predicted octanol–water partition coefficient (Wildman–Crippen LogP) is 5.49. The highest BCUT2D eigenvalue weighted by Crippen LogP contribution is 2.37. The minimum Gasteiger partial charge on any atom is -0.497 e. The Bertz CT molecular complexity index is 830. The smallest absolute Gasteiger partial charge is 0.420 e. The number of hydrogen-bond donors (Lipinski definition) is 0. The standard InChI is InChI=1S/C19H21F3N2O3/c1-12-6-7-23-16(8-12)24(17(25)27-18(2,3)4)14-9-13(19(20,21)22)10-15(11-14)26-5/h6-11H,1-5H3. The number of nitrogens with zero attached hydrogens (tertiary/aromatic N) is 2. The summed E-state index contributed by atoms with van der Waals surface area (Å²) < 4.78 is 50.2. The summed E-state index contributed by atoms with van der Waals surface area (Å²) in [6, 6.07) is 6.33. The van der Waals surface area contributed by atoms with Crippen molar-refractivity contribution in [3.63, 3.8) is 0 Å². The summed E-state index contributed by atoms with van der Waals surface area (Å²) in [6.07, 6.45) is -3.99. The van der Waals surface area contributed by atoms with Gasteiger partial charge in [-0.2, -0.15) is 13.2 Å². The maximum Gasteiger partial charge on any atom is 0.420 e. The van der Waals surface area contributed by atoms with Gasteiger partial charge in [0.2, 0.25) is 0 Å². The lowest BCUT2D eigenvalue weighted by molar-refractivity contribution is -0.137. The number of carbonyl (C=O) groups is 1. The van der Waals surface area contributed by atoms with Gasteiger partial charge >= 0.3 is 12.3 Å². The van der Waals surface area contributed by atoms with Crippen LogP contribution in [0.15, 0.2) is 36.5 Å². The zero-order valence-corrected chi connectivity index (χ0v) is 15.7. The molecule has 1 aromatic carbocycles. The van der Waals surface area contributed by atoms with Gasteiger partial charge in [0.15, 0.2) is 0 Å². The molecule has 2 rings (SSSR count). The lowest BCUT2D eigenvalue weighted by atomic mass is 10.1. The third kappa shape index (κ3) is 5.35. The second kappa shape index (κ2) is 7.46. The zero-order chi connectivity index (χ0) is 20.4. The number of benzene rings is 1. The molecule has 0 saturated heterocycles. The second-order valence-electron chi connectivity index (χ2n) is 6.92. The first-order valence-corrected chi connectivity index (χ1v) is 8.13. The molecule has 5 nitrogen and oxygen atoms in total. The van der Waals surface area contributed by atoms with Crippen molar-refractivity contribution in [1.29, 1.82) is 0 Å². The van der Waals surface area contributed by atoms with Crippen molar-refractivity contribution in [2.75, 3.05) is 12.0 Å². The van der Waals surface area contributed by atoms with Gasteiger partial charge in [-0.1, -0.05) is 0 Å². The fourth-order valence-corrected chi connectivity index (χ4v) is 2.28. The monoisotopic (exact) mass is 382 g/mol. The number of pyridine rings is 1. The van der Waals surface area contributed by atoms with Crippen LogP contribution in [-0.4, -0.2) is 23.8 Å². The Balaban J connectivity index is 2.64. The molecule has 8 heteroatoms. The fourth-order valence-electron chi connectivity index (χ4n) is 2.28. The van der Waals surface area contributed by atoms with E-state index >= 15 is 0 Å². The number of anilines is 2. The van der Waals surface area contributed by atoms with E-state index in [-0.39, 0.29) is 17.3 Å². The van der Waals surface area contributed by atoms with E-state index in [4.69, 9.17) is 9.47 Å². The molecule has 0 saturated carbocycles. The molecule has 0 spiro atoms. The van der Waals surface area contributed by atoms with Crippen molar-refractivity contribution in [3.05, 3.63) is 47.7 Å². The molecule has 1 aromatic heterocycles. The van der Waals surface area contributed by atoms with Gasteiger partial charge < -0.3 is 9.47 Å². The van der Waals surface area contributed by atoms with Gasteiger partial charge in [0, 0.05) is 12.3 Å². The summed E-state index contributed by atoms with van der Waals surface area (Å²) >= 11 is 0. The van der Waals surface area contributed by atoms with Crippen molar-refractivity contribution in [3.8, 4) is 5.75 Å². The van der Waals surface area contributed by atoms with E-state index < -0.39 is 23.4 Å². The van der Waals surface area contributed by atoms with Crippen molar-refractivity contribution < 1.29 is 27.4 Å². The van der Waals surface area contributed by atoms with E-state index in [1.807, 2.05) is 0 Å². The molecule has 0 atom stereocenters. The SMILES string of the molecule is COc1cc(N(C(=O)OC(C)(C)C)c2cc(C)ccn2)cc(C(F)(F)F)c1. The summed E-state index contributed by atoms with van der Waals surface area (Å²) in [5.74, 6) is 0.103. The van der Waals surface area contributed by atoms with Crippen molar-refractivity contribution in [1.82, 2.24) is 4.98 Å². The summed E-state index contributed by atoms with van der Waals surface area (Å²) in [5.41, 5.74) is -1.06. The Morgan fingerprint density at radius 2 is 1.78 bits per heavy atom. The van der Waals surface area contributed by atoms with Gasteiger partial charge in [0.05, 0.1) is 18.4 Å². The normalized spacial score (nSPS) is 11.9. The highest BCUT2D eigenvalue weighted by atomic mass is 19.4. The number of methoxy groups -OCH3 is 1. The summed E-state index contributed by atoms with van der Waals surface area (Å²) in [7, 11) is 1.25. The Morgan fingerprint density at radius 3 is 2.30 bits per heavy atom. The van der Waals surface area contributed by atoms with E-state index in [0.717, 1.165) is 22.6 Å². The number of alkyl halides is 3. The van der Waals surface area contributed by atoms with Gasteiger partial charge in [0.1, 0.15) is 17.2 Å². The van der Waals surface area contributed by atoms with Crippen LogP contribution in [0.3, 0.4) is 0 Å². The number of carbonyl (C=O) groups excluding carboxylic acids is 1. The maximum atomic E-state index is 13.3. The van der Waals surface area contributed by atoms with Gasteiger partial charge in [-0.15, -0.1) is 0 Å². The van der Waals surface area contributed by atoms with Gasteiger partial charge in [-0.25, -0.2) is 14.7 Å². The largest absolute Gasteiger partial charge is 0.497 e. The summed E-state index contributed by atoms with van der Waals surface area (Å²) in [5, 5.41) is 0. The van der Waals surface area contributed by atoms with Crippen LogP contribution in [0.25, 0.3) is 0 Å². The quantitative estimate of drug-likeness (QED) is 0.704. The molecule has 146 valence electrons. The molecule has 0 N–H and O–H groups in total. The minimum absolute atomic E-state index is 0.0407. The number of rotatable bonds is 3. The first kappa shape index (κ1) is 20.5. The van der Waals surface area contributed by atoms with Crippen LogP contribution >= 0.6 is 0 Å². The first-order chi connectivity index (χ1) is 12.4. The molecule has 0 fully saturated rings. The van der Waals surface area contributed by atoms with Crippen LogP contribution < -0.4 is 9.64 Å². The van der Waals surface area contributed by atoms with E-state index in [1.165, 1.54) is 19.4 Å². The van der Waals surface area contributed by atoms with Gasteiger partial charge in [-0.05, 0) is 57.5 Å². The number of ether oxygens (including phenoxy) is 2.